The van der Waals surface area contributed by atoms with Gasteiger partial charge in [-0.3, -0.25) is 4.79 Å². The number of nitrogens with one attached hydrogen (secondary N) is 1. The number of methoxy groups -OCH3 is 1. The van der Waals surface area contributed by atoms with Gasteiger partial charge in [0.2, 0.25) is 5.91 Å². The van der Waals surface area contributed by atoms with Gasteiger partial charge in [-0.15, -0.1) is 12.4 Å². The molecule has 3 unspecified atom stereocenters. The number of hydrogen-bond acceptors (Lipinski definition) is 3. The first-order valence-electron chi connectivity index (χ1n) is 9.39. The maximum absolute atomic E-state index is 12.7. The minimum absolute atomic E-state index is 0. The van der Waals surface area contributed by atoms with E-state index in [1.165, 1.54) is 31.2 Å². The van der Waals surface area contributed by atoms with Crippen molar-refractivity contribution in [2.24, 2.45) is 5.92 Å². The number of fused-ring (bicyclic) bond motifs is 2. The summed E-state index contributed by atoms with van der Waals surface area (Å²) < 4.78 is 5.23. The molecule has 3 aliphatic heterocycles. The average Bonchev–Trinajstić information content (AvgIpc) is 3.22. The lowest BCUT2D eigenvalue weighted by atomic mass is 9.89. The minimum atomic E-state index is 0. The van der Waals surface area contributed by atoms with Crippen LogP contribution in [-0.4, -0.2) is 43.1 Å². The van der Waals surface area contributed by atoms with Crippen molar-refractivity contribution in [3.63, 3.8) is 0 Å². The molecule has 138 valence electrons. The number of rotatable bonds is 4. The van der Waals surface area contributed by atoms with Crippen LogP contribution >= 0.6 is 12.4 Å². The topological polar surface area (TPSA) is 41.6 Å². The third kappa shape index (κ3) is 4.12. The fourth-order valence-corrected chi connectivity index (χ4v) is 4.85. The van der Waals surface area contributed by atoms with Gasteiger partial charge in [0.05, 0.1) is 7.11 Å². The van der Waals surface area contributed by atoms with E-state index in [-0.39, 0.29) is 12.4 Å². The summed E-state index contributed by atoms with van der Waals surface area (Å²) in [5.74, 6) is 2.34. The van der Waals surface area contributed by atoms with E-state index in [4.69, 9.17) is 4.74 Å². The highest BCUT2D eigenvalue weighted by Gasteiger charge is 2.36. The zero-order valence-corrected chi connectivity index (χ0v) is 15.8. The highest BCUT2D eigenvalue weighted by atomic mass is 35.5. The Balaban J connectivity index is 0.00000182. The van der Waals surface area contributed by atoms with Crippen LogP contribution in [0.3, 0.4) is 0 Å². The van der Waals surface area contributed by atoms with Crippen LogP contribution in [-0.2, 0) is 4.79 Å². The Morgan fingerprint density at radius 3 is 2.48 bits per heavy atom. The van der Waals surface area contributed by atoms with Gasteiger partial charge in [0.25, 0.3) is 0 Å². The summed E-state index contributed by atoms with van der Waals surface area (Å²) >= 11 is 0. The van der Waals surface area contributed by atoms with Crippen molar-refractivity contribution in [2.75, 3.05) is 20.2 Å². The van der Waals surface area contributed by atoms with Crippen LogP contribution in [0.5, 0.6) is 5.75 Å². The van der Waals surface area contributed by atoms with E-state index in [1.807, 2.05) is 12.1 Å². The number of likely N-dealkylation sites (tertiary alicyclic amines) is 1. The first kappa shape index (κ1) is 18.5. The molecule has 3 heterocycles. The van der Waals surface area contributed by atoms with Gasteiger partial charge in [0.1, 0.15) is 5.75 Å². The number of piperidine rings is 1. The second kappa shape index (κ2) is 7.96. The molecule has 1 aromatic carbocycles. The van der Waals surface area contributed by atoms with Crippen molar-refractivity contribution in [3.8, 4) is 5.75 Å². The molecule has 4 rings (SSSR count). The Labute approximate surface area is 156 Å². The van der Waals surface area contributed by atoms with Gasteiger partial charge >= 0.3 is 0 Å². The Morgan fingerprint density at radius 2 is 1.84 bits per heavy atom. The molecule has 1 N–H and O–H groups in total. The molecule has 4 nitrogen and oxygen atoms in total. The van der Waals surface area contributed by atoms with Crippen LogP contribution in [0.25, 0.3) is 0 Å². The second-order valence-electron chi connectivity index (χ2n) is 7.78. The van der Waals surface area contributed by atoms with Gasteiger partial charge in [-0.1, -0.05) is 12.1 Å². The molecule has 3 aliphatic rings. The smallest absolute Gasteiger partial charge is 0.222 e. The second-order valence-corrected chi connectivity index (χ2v) is 7.78. The van der Waals surface area contributed by atoms with Crippen molar-refractivity contribution in [1.82, 2.24) is 10.2 Å². The number of hydrogen-bond donors (Lipinski definition) is 1. The molecule has 5 heteroatoms. The molecule has 25 heavy (non-hydrogen) atoms. The van der Waals surface area contributed by atoms with Crippen molar-refractivity contribution < 1.29 is 9.53 Å². The van der Waals surface area contributed by atoms with Crippen molar-refractivity contribution >= 4 is 18.3 Å². The average molecular weight is 365 g/mol. The van der Waals surface area contributed by atoms with E-state index in [9.17, 15) is 4.79 Å². The monoisotopic (exact) mass is 364 g/mol. The van der Waals surface area contributed by atoms with Crippen molar-refractivity contribution in [2.45, 2.75) is 56.5 Å². The quantitative estimate of drug-likeness (QED) is 0.890. The number of carbonyl (C=O) groups is 1. The molecule has 0 aromatic heterocycles. The predicted octanol–water partition coefficient (Wildman–Crippen LogP) is 3.35. The molecule has 0 radical (unpaired) electrons. The fourth-order valence-electron chi connectivity index (χ4n) is 4.85. The molecule has 3 saturated heterocycles. The number of carbonyl (C=O) groups excluding carboxylic acids is 1. The standard InChI is InChI=1S/C20H28N2O2.ClH/c1-24-19-6-2-15(3-7-19)16-8-9-22(13-16)20(23)12-14-10-17-4-5-18(11-14)21-17;/h2-3,6-7,14,16-18,21H,4-5,8-13H2,1H3;1H. The van der Waals surface area contributed by atoms with E-state index in [0.717, 1.165) is 31.7 Å². The lowest BCUT2D eigenvalue weighted by Crippen LogP contribution is -2.40. The van der Waals surface area contributed by atoms with Gasteiger partial charge in [-0.05, 0) is 55.7 Å². The first-order valence-corrected chi connectivity index (χ1v) is 9.39. The van der Waals surface area contributed by atoms with E-state index < -0.39 is 0 Å². The van der Waals surface area contributed by atoms with E-state index in [1.54, 1.807) is 7.11 Å². The van der Waals surface area contributed by atoms with Gasteiger partial charge in [0, 0.05) is 37.5 Å². The number of nitrogens with zero attached hydrogens (tertiary/aromatic N) is 1. The lowest BCUT2D eigenvalue weighted by Gasteiger charge is -2.30. The summed E-state index contributed by atoms with van der Waals surface area (Å²) in [6.07, 6.45) is 6.83. The normalized spacial score (nSPS) is 30.8. The van der Waals surface area contributed by atoms with Crippen LogP contribution in [0.15, 0.2) is 24.3 Å². The first-order chi connectivity index (χ1) is 11.7. The van der Waals surface area contributed by atoms with E-state index in [0.29, 0.717) is 29.8 Å². The van der Waals surface area contributed by atoms with Crippen LogP contribution < -0.4 is 10.1 Å². The molecule has 0 saturated carbocycles. The van der Waals surface area contributed by atoms with Gasteiger partial charge in [-0.2, -0.15) is 0 Å². The Morgan fingerprint density at radius 1 is 1.16 bits per heavy atom. The molecular weight excluding hydrogens is 336 g/mol. The van der Waals surface area contributed by atoms with Crippen LogP contribution in [0.2, 0.25) is 0 Å². The number of halogens is 1. The van der Waals surface area contributed by atoms with Gasteiger partial charge < -0.3 is 15.0 Å². The van der Waals surface area contributed by atoms with Gasteiger partial charge in [0.15, 0.2) is 0 Å². The Kier molecular flexibility index (Phi) is 5.90. The molecule has 0 spiro atoms. The largest absolute Gasteiger partial charge is 0.497 e. The molecular formula is C20H29ClN2O2. The highest BCUT2D eigenvalue weighted by molar-refractivity contribution is 5.85. The van der Waals surface area contributed by atoms with E-state index in [2.05, 4.69) is 22.3 Å². The Hall–Kier alpha value is -1.26. The minimum Gasteiger partial charge on any atom is -0.497 e. The maximum atomic E-state index is 12.7. The number of ether oxygens (including phenoxy) is 1. The zero-order chi connectivity index (χ0) is 16.5. The summed E-state index contributed by atoms with van der Waals surface area (Å²) in [6.45, 7) is 1.79. The summed E-state index contributed by atoms with van der Waals surface area (Å²) in [6, 6.07) is 9.67. The fraction of sp³-hybridized carbons (Fsp3) is 0.650. The van der Waals surface area contributed by atoms with Crippen LogP contribution in [0.4, 0.5) is 0 Å². The molecule has 3 fully saturated rings. The molecule has 3 atom stereocenters. The van der Waals surface area contributed by atoms with Crippen LogP contribution in [0.1, 0.15) is 50.0 Å². The summed E-state index contributed by atoms with van der Waals surface area (Å²) in [5, 5.41) is 3.67. The van der Waals surface area contributed by atoms with E-state index >= 15 is 0 Å². The zero-order valence-electron chi connectivity index (χ0n) is 14.9. The molecule has 1 aromatic rings. The van der Waals surface area contributed by atoms with Crippen molar-refractivity contribution in [3.05, 3.63) is 29.8 Å². The number of benzene rings is 1. The summed E-state index contributed by atoms with van der Waals surface area (Å²) in [7, 11) is 1.69. The SMILES string of the molecule is COc1ccc(C2CCN(C(=O)CC3CC4CCC(C3)N4)C2)cc1.Cl. The summed E-state index contributed by atoms with van der Waals surface area (Å²) in [5.41, 5.74) is 1.33. The van der Waals surface area contributed by atoms with Gasteiger partial charge in [-0.25, -0.2) is 0 Å². The molecule has 1 amide bonds. The highest BCUT2D eigenvalue weighted by Crippen LogP contribution is 2.34. The summed E-state index contributed by atoms with van der Waals surface area (Å²) in [4.78, 5) is 14.8. The number of amides is 1. The third-order valence-electron chi connectivity index (χ3n) is 6.16. The lowest BCUT2D eigenvalue weighted by molar-refractivity contribution is -0.131. The Bertz CT molecular complexity index is 580. The predicted molar refractivity (Wildman–Crippen MR) is 101 cm³/mol. The molecule has 0 aliphatic carbocycles. The maximum Gasteiger partial charge on any atom is 0.222 e. The van der Waals surface area contributed by atoms with Crippen LogP contribution in [0, 0.1) is 5.92 Å². The van der Waals surface area contributed by atoms with Crippen molar-refractivity contribution in [1.29, 1.82) is 0 Å². The third-order valence-corrected chi connectivity index (χ3v) is 6.16. The molecule has 2 bridgehead atoms.